The molecule has 0 N–H and O–H groups in total. The third-order valence-corrected chi connectivity index (χ3v) is 4.46. The van der Waals surface area contributed by atoms with E-state index in [1.165, 1.54) is 0 Å². The van der Waals surface area contributed by atoms with Gasteiger partial charge in [-0.05, 0) is 37.0 Å². The molecule has 5 heteroatoms. The van der Waals surface area contributed by atoms with Gasteiger partial charge in [-0.25, -0.2) is 4.98 Å². The van der Waals surface area contributed by atoms with Crippen LogP contribution in [0.25, 0.3) is 11.5 Å². The fourth-order valence-electron chi connectivity index (χ4n) is 1.65. The summed E-state index contributed by atoms with van der Waals surface area (Å²) in [6.45, 7) is 1.97. The minimum atomic E-state index is 0.659. The van der Waals surface area contributed by atoms with E-state index in [1.54, 1.807) is 11.3 Å². The fourth-order valence-corrected chi connectivity index (χ4v) is 3.29. The summed E-state index contributed by atoms with van der Waals surface area (Å²) in [5, 5.41) is 12.5. The Labute approximate surface area is 121 Å². The number of thioether (sulfide) groups is 1. The van der Waals surface area contributed by atoms with Crippen molar-refractivity contribution >= 4 is 23.1 Å². The van der Waals surface area contributed by atoms with Crippen molar-refractivity contribution in [2.75, 3.05) is 5.75 Å². The van der Waals surface area contributed by atoms with E-state index in [2.05, 4.69) is 11.1 Å². The maximum absolute atomic E-state index is 8.45. The molecule has 0 radical (unpaired) electrons. The highest BCUT2D eigenvalue weighted by molar-refractivity contribution is 7.98. The highest BCUT2D eigenvalue weighted by Crippen LogP contribution is 2.25. The van der Waals surface area contributed by atoms with E-state index >= 15 is 0 Å². The van der Waals surface area contributed by atoms with Crippen LogP contribution in [0.3, 0.4) is 0 Å². The minimum absolute atomic E-state index is 0.659. The molecule has 2 aromatic heterocycles. The largest absolute Gasteiger partial charge is 0.441 e. The number of aromatic nitrogens is 1. The lowest BCUT2D eigenvalue weighted by molar-refractivity contribution is 0.541. The Morgan fingerprint density at radius 2 is 2.37 bits per heavy atom. The molecule has 2 aromatic rings. The Bertz CT molecular complexity index is 540. The van der Waals surface area contributed by atoms with Gasteiger partial charge >= 0.3 is 0 Å². The van der Waals surface area contributed by atoms with Crippen LogP contribution in [0.1, 0.15) is 30.7 Å². The van der Waals surface area contributed by atoms with Crippen molar-refractivity contribution in [3.05, 3.63) is 28.3 Å². The van der Waals surface area contributed by atoms with Crippen LogP contribution in [0.4, 0.5) is 0 Å². The first-order chi connectivity index (χ1) is 9.31. The fraction of sp³-hybridized carbons (Fsp3) is 0.429. The van der Waals surface area contributed by atoms with Gasteiger partial charge in [0.15, 0.2) is 0 Å². The molecule has 0 aliphatic heterocycles. The van der Waals surface area contributed by atoms with Gasteiger partial charge < -0.3 is 4.42 Å². The van der Waals surface area contributed by atoms with Crippen molar-refractivity contribution in [2.24, 2.45) is 0 Å². The molecule has 19 heavy (non-hydrogen) atoms. The number of unbranched alkanes of at least 4 members (excludes halogenated alkanes) is 2. The SMILES string of the molecule is Cc1oc(-c2ccsc2)nc1CSCCCCC#N. The van der Waals surface area contributed by atoms with Crippen molar-refractivity contribution in [1.82, 2.24) is 4.98 Å². The average molecular weight is 292 g/mol. The molecular formula is C14H16N2OS2. The van der Waals surface area contributed by atoms with Gasteiger partial charge in [0.2, 0.25) is 5.89 Å². The molecule has 3 nitrogen and oxygen atoms in total. The van der Waals surface area contributed by atoms with Crippen LogP contribution in [0, 0.1) is 18.3 Å². The maximum Gasteiger partial charge on any atom is 0.227 e. The molecule has 2 heterocycles. The van der Waals surface area contributed by atoms with Crippen LogP contribution >= 0.6 is 23.1 Å². The van der Waals surface area contributed by atoms with Crippen LogP contribution in [0.5, 0.6) is 0 Å². The summed E-state index contributed by atoms with van der Waals surface area (Å²) in [6, 6.07) is 4.19. The number of thiophene rings is 1. The van der Waals surface area contributed by atoms with Gasteiger partial charge in [0.05, 0.1) is 11.8 Å². The van der Waals surface area contributed by atoms with Gasteiger partial charge in [0, 0.05) is 23.1 Å². The topological polar surface area (TPSA) is 49.8 Å². The highest BCUT2D eigenvalue weighted by atomic mass is 32.2. The molecule has 0 amide bonds. The molecule has 100 valence electrons. The van der Waals surface area contributed by atoms with Crippen molar-refractivity contribution in [3.63, 3.8) is 0 Å². The van der Waals surface area contributed by atoms with E-state index in [4.69, 9.17) is 9.68 Å². The molecule has 0 fully saturated rings. The predicted molar refractivity (Wildman–Crippen MR) is 80.2 cm³/mol. The lowest BCUT2D eigenvalue weighted by Gasteiger charge is -1.97. The van der Waals surface area contributed by atoms with E-state index in [0.717, 1.165) is 47.3 Å². The summed E-state index contributed by atoms with van der Waals surface area (Å²) < 4.78 is 5.69. The Hall–Kier alpha value is -1.25. The number of nitrogens with zero attached hydrogens (tertiary/aromatic N) is 2. The van der Waals surface area contributed by atoms with Crippen LogP contribution in [-0.2, 0) is 5.75 Å². The predicted octanol–water partition coefficient (Wildman–Crippen LogP) is 4.64. The number of hydrogen-bond donors (Lipinski definition) is 0. The molecule has 0 unspecified atom stereocenters. The molecule has 0 spiro atoms. The molecule has 0 atom stereocenters. The monoisotopic (exact) mass is 292 g/mol. The van der Waals surface area contributed by atoms with Gasteiger partial charge in [0.25, 0.3) is 0 Å². The lowest BCUT2D eigenvalue weighted by Crippen LogP contribution is -1.87. The van der Waals surface area contributed by atoms with Gasteiger partial charge in [-0.2, -0.15) is 28.4 Å². The standard InChI is InChI=1S/C14H16N2OS2/c1-11-13(10-18-7-4-2-3-6-15)16-14(17-11)12-5-8-19-9-12/h5,8-9H,2-4,7,10H2,1H3. The van der Waals surface area contributed by atoms with Crippen LogP contribution in [0.2, 0.25) is 0 Å². The van der Waals surface area contributed by atoms with Gasteiger partial charge in [-0.15, -0.1) is 0 Å². The number of aryl methyl sites for hydroxylation is 1. The molecular weight excluding hydrogens is 276 g/mol. The van der Waals surface area contributed by atoms with Gasteiger partial charge in [0.1, 0.15) is 5.76 Å². The first-order valence-corrected chi connectivity index (χ1v) is 8.34. The third kappa shape index (κ3) is 4.12. The highest BCUT2D eigenvalue weighted by Gasteiger charge is 2.11. The van der Waals surface area contributed by atoms with E-state index in [-0.39, 0.29) is 0 Å². The third-order valence-electron chi connectivity index (χ3n) is 2.73. The summed E-state index contributed by atoms with van der Waals surface area (Å²) in [7, 11) is 0. The van der Waals surface area contributed by atoms with Crippen molar-refractivity contribution < 1.29 is 4.42 Å². The molecule has 0 saturated carbocycles. The van der Waals surface area contributed by atoms with E-state index in [9.17, 15) is 0 Å². The number of hydrogen-bond acceptors (Lipinski definition) is 5. The van der Waals surface area contributed by atoms with Crippen molar-refractivity contribution in [2.45, 2.75) is 31.9 Å². The summed E-state index contributed by atoms with van der Waals surface area (Å²) in [6.07, 6.45) is 2.74. The zero-order valence-electron chi connectivity index (χ0n) is 10.9. The zero-order chi connectivity index (χ0) is 13.5. The van der Waals surface area contributed by atoms with Crippen LogP contribution in [-0.4, -0.2) is 10.7 Å². The molecule has 0 saturated heterocycles. The van der Waals surface area contributed by atoms with Crippen LogP contribution in [0.15, 0.2) is 21.2 Å². The summed E-state index contributed by atoms with van der Waals surface area (Å²) in [5.74, 6) is 3.58. The molecule has 0 aromatic carbocycles. The Balaban J connectivity index is 1.83. The Morgan fingerprint density at radius 3 is 3.11 bits per heavy atom. The number of nitriles is 1. The zero-order valence-corrected chi connectivity index (χ0v) is 12.5. The summed E-state index contributed by atoms with van der Waals surface area (Å²) in [5.41, 5.74) is 2.09. The van der Waals surface area contributed by atoms with Crippen molar-refractivity contribution in [1.29, 1.82) is 5.26 Å². The quantitative estimate of drug-likeness (QED) is 0.698. The van der Waals surface area contributed by atoms with Gasteiger partial charge in [-0.1, -0.05) is 0 Å². The number of rotatable bonds is 7. The Morgan fingerprint density at radius 1 is 1.47 bits per heavy atom. The molecule has 0 bridgehead atoms. The number of oxazole rings is 1. The maximum atomic E-state index is 8.45. The van der Waals surface area contributed by atoms with Gasteiger partial charge in [-0.3, -0.25) is 0 Å². The first kappa shape index (κ1) is 14.2. The van der Waals surface area contributed by atoms with E-state index in [1.807, 2.05) is 35.5 Å². The smallest absolute Gasteiger partial charge is 0.227 e. The molecule has 0 aliphatic carbocycles. The Kier molecular flexibility index (Phi) is 5.49. The second-order valence-electron chi connectivity index (χ2n) is 4.20. The molecule has 2 rings (SSSR count). The summed E-state index contributed by atoms with van der Waals surface area (Å²) in [4.78, 5) is 4.55. The van der Waals surface area contributed by atoms with E-state index in [0.29, 0.717) is 6.42 Å². The van der Waals surface area contributed by atoms with E-state index < -0.39 is 0 Å². The van der Waals surface area contributed by atoms with Crippen LogP contribution < -0.4 is 0 Å². The first-order valence-electron chi connectivity index (χ1n) is 6.25. The lowest BCUT2D eigenvalue weighted by atomic mass is 10.3. The minimum Gasteiger partial charge on any atom is -0.441 e. The van der Waals surface area contributed by atoms with Crippen molar-refractivity contribution in [3.8, 4) is 17.5 Å². The summed E-state index contributed by atoms with van der Waals surface area (Å²) >= 11 is 3.50. The second-order valence-corrected chi connectivity index (χ2v) is 6.09. The molecule has 0 aliphatic rings. The average Bonchev–Trinajstić information content (AvgIpc) is 3.03. The normalized spacial score (nSPS) is 10.5. The second kappa shape index (κ2) is 7.37.